The molecule has 22 heavy (non-hydrogen) atoms. The Hall–Kier alpha value is -1.44. The van der Waals surface area contributed by atoms with Gasteiger partial charge in [-0.1, -0.05) is 11.8 Å². The van der Waals surface area contributed by atoms with E-state index in [1.165, 1.54) is 23.1 Å². The molecule has 0 saturated heterocycles. The molecule has 0 unspecified atom stereocenters. The first kappa shape index (κ1) is 15.5. The SMILES string of the molecule is CSc1nc2c(c(=O)[nH]1)CN(Cc1ccc(C(C)=O)s1)CC2. The first-order valence-corrected chi connectivity index (χ1v) is 9.09. The average Bonchev–Trinajstić information content (AvgIpc) is 2.96. The maximum Gasteiger partial charge on any atom is 0.256 e. The van der Waals surface area contributed by atoms with Crippen LogP contribution in [0.15, 0.2) is 22.1 Å². The highest BCUT2D eigenvalue weighted by molar-refractivity contribution is 7.98. The number of carbonyl (C=O) groups excluding carboxylic acids is 1. The Bertz CT molecular complexity index is 766. The number of fused-ring (bicyclic) bond motifs is 1. The second kappa shape index (κ2) is 6.36. The van der Waals surface area contributed by atoms with E-state index < -0.39 is 0 Å². The number of rotatable bonds is 4. The zero-order valence-corrected chi connectivity index (χ0v) is 14.1. The molecule has 3 heterocycles. The van der Waals surface area contributed by atoms with Crippen molar-refractivity contribution in [3.05, 3.63) is 43.5 Å². The molecule has 2 aromatic heterocycles. The molecule has 0 saturated carbocycles. The molecule has 0 bridgehead atoms. The van der Waals surface area contributed by atoms with Crippen LogP contribution in [0.4, 0.5) is 0 Å². The van der Waals surface area contributed by atoms with Gasteiger partial charge >= 0.3 is 0 Å². The van der Waals surface area contributed by atoms with Gasteiger partial charge in [0.25, 0.3) is 5.56 Å². The van der Waals surface area contributed by atoms with Crippen molar-refractivity contribution in [2.45, 2.75) is 31.6 Å². The van der Waals surface area contributed by atoms with E-state index in [4.69, 9.17) is 0 Å². The van der Waals surface area contributed by atoms with Crippen molar-refractivity contribution < 1.29 is 4.79 Å². The lowest BCUT2D eigenvalue weighted by Crippen LogP contribution is -2.35. The van der Waals surface area contributed by atoms with Crippen LogP contribution in [0.5, 0.6) is 0 Å². The molecule has 116 valence electrons. The monoisotopic (exact) mass is 335 g/mol. The summed E-state index contributed by atoms with van der Waals surface area (Å²) < 4.78 is 0. The summed E-state index contributed by atoms with van der Waals surface area (Å²) in [6.07, 6.45) is 2.70. The molecule has 1 aliphatic rings. The van der Waals surface area contributed by atoms with Crippen molar-refractivity contribution in [1.29, 1.82) is 0 Å². The summed E-state index contributed by atoms with van der Waals surface area (Å²) in [5, 5.41) is 0.682. The molecule has 0 aromatic carbocycles. The molecule has 0 aliphatic carbocycles. The maximum atomic E-state index is 12.2. The minimum Gasteiger partial charge on any atom is -0.301 e. The topological polar surface area (TPSA) is 66.1 Å². The van der Waals surface area contributed by atoms with E-state index in [1.54, 1.807) is 6.92 Å². The quantitative estimate of drug-likeness (QED) is 0.528. The molecular formula is C15H17N3O2S2. The number of thiophene rings is 1. The van der Waals surface area contributed by atoms with Gasteiger partial charge in [-0.3, -0.25) is 14.5 Å². The number of thioether (sulfide) groups is 1. The van der Waals surface area contributed by atoms with Crippen molar-refractivity contribution >= 4 is 28.9 Å². The number of ketones is 1. The van der Waals surface area contributed by atoms with E-state index in [1.807, 2.05) is 18.4 Å². The molecule has 7 heteroatoms. The van der Waals surface area contributed by atoms with Gasteiger partial charge in [0.1, 0.15) is 0 Å². The van der Waals surface area contributed by atoms with E-state index >= 15 is 0 Å². The van der Waals surface area contributed by atoms with Crippen molar-refractivity contribution in [2.75, 3.05) is 12.8 Å². The van der Waals surface area contributed by atoms with Gasteiger partial charge in [0.05, 0.1) is 16.1 Å². The van der Waals surface area contributed by atoms with Crippen molar-refractivity contribution in [1.82, 2.24) is 14.9 Å². The highest BCUT2D eigenvalue weighted by Gasteiger charge is 2.21. The van der Waals surface area contributed by atoms with Crippen LogP contribution >= 0.6 is 23.1 Å². The summed E-state index contributed by atoms with van der Waals surface area (Å²) in [7, 11) is 0. The van der Waals surface area contributed by atoms with Crippen molar-refractivity contribution in [3.8, 4) is 0 Å². The molecule has 3 rings (SSSR count). The summed E-state index contributed by atoms with van der Waals surface area (Å²) >= 11 is 2.98. The van der Waals surface area contributed by atoms with Crippen molar-refractivity contribution in [2.24, 2.45) is 0 Å². The number of hydrogen-bond acceptors (Lipinski definition) is 6. The summed E-state index contributed by atoms with van der Waals surface area (Å²) in [4.78, 5) is 35.0. The van der Waals surface area contributed by atoms with Gasteiger partial charge in [-0.05, 0) is 25.3 Å². The zero-order chi connectivity index (χ0) is 15.7. The molecular weight excluding hydrogens is 318 g/mol. The van der Waals surface area contributed by atoms with Crippen LogP contribution < -0.4 is 5.56 Å². The van der Waals surface area contributed by atoms with Crippen LogP contribution in [0.25, 0.3) is 0 Å². The molecule has 0 atom stereocenters. The summed E-state index contributed by atoms with van der Waals surface area (Å²) in [5.41, 5.74) is 1.65. The van der Waals surface area contributed by atoms with Crippen LogP contribution in [-0.4, -0.2) is 33.5 Å². The number of hydrogen-bond donors (Lipinski definition) is 1. The fourth-order valence-corrected chi connectivity index (χ4v) is 3.90. The Morgan fingerprint density at radius 3 is 3.00 bits per heavy atom. The van der Waals surface area contributed by atoms with Crippen LogP contribution in [0, 0.1) is 0 Å². The summed E-state index contributed by atoms with van der Waals surface area (Å²) in [6.45, 7) is 3.84. The largest absolute Gasteiger partial charge is 0.301 e. The van der Waals surface area contributed by atoms with Gasteiger partial charge in [0.2, 0.25) is 0 Å². The first-order valence-electron chi connectivity index (χ1n) is 7.05. The number of aromatic nitrogens is 2. The maximum absolute atomic E-state index is 12.2. The Labute approximate surface area is 136 Å². The lowest BCUT2D eigenvalue weighted by Gasteiger charge is -2.27. The van der Waals surface area contributed by atoms with Crippen LogP contribution in [0.2, 0.25) is 0 Å². The Kier molecular flexibility index (Phi) is 4.46. The smallest absolute Gasteiger partial charge is 0.256 e. The molecule has 0 radical (unpaired) electrons. The number of nitrogens with zero attached hydrogens (tertiary/aromatic N) is 2. The highest BCUT2D eigenvalue weighted by Crippen LogP contribution is 2.22. The number of H-pyrrole nitrogens is 1. The molecule has 2 aromatic rings. The average molecular weight is 335 g/mol. The standard InChI is InChI=1S/C15H17N3O2S2/c1-9(19)13-4-3-10(22-13)7-18-6-5-12-11(8-18)14(20)17-15(16-12)21-2/h3-4H,5-8H2,1-2H3,(H,16,17,20). The number of Topliss-reactive ketones (excluding diaryl/α,β-unsaturated/α-hetero) is 1. The fourth-order valence-electron chi connectivity index (χ4n) is 2.56. The summed E-state index contributed by atoms with van der Waals surface area (Å²) in [5.74, 6) is 0.102. The van der Waals surface area contributed by atoms with Gasteiger partial charge in [-0.2, -0.15) is 0 Å². The number of carbonyl (C=O) groups is 1. The Morgan fingerprint density at radius 1 is 1.50 bits per heavy atom. The van der Waals surface area contributed by atoms with E-state index in [9.17, 15) is 9.59 Å². The third-order valence-electron chi connectivity index (χ3n) is 3.71. The molecule has 5 nitrogen and oxygen atoms in total. The molecule has 1 N–H and O–H groups in total. The molecule has 0 spiro atoms. The predicted octanol–water partition coefficient (Wildman–Crippen LogP) is 2.31. The lowest BCUT2D eigenvalue weighted by atomic mass is 10.1. The van der Waals surface area contributed by atoms with E-state index in [0.29, 0.717) is 11.7 Å². The van der Waals surface area contributed by atoms with E-state index in [2.05, 4.69) is 14.9 Å². The van der Waals surface area contributed by atoms with Gasteiger partial charge < -0.3 is 4.98 Å². The highest BCUT2D eigenvalue weighted by atomic mass is 32.2. The van der Waals surface area contributed by atoms with E-state index in [-0.39, 0.29) is 11.3 Å². The Morgan fingerprint density at radius 2 is 2.32 bits per heavy atom. The second-order valence-electron chi connectivity index (χ2n) is 5.28. The fraction of sp³-hybridized carbons (Fsp3) is 0.400. The molecule has 0 fully saturated rings. The molecule has 0 amide bonds. The summed E-state index contributed by atoms with van der Waals surface area (Å²) in [6, 6.07) is 3.87. The predicted molar refractivity (Wildman–Crippen MR) is 88.8 cm³/mol. The van der Waals surface area contributed by atoms with Gasteiger partial charge in [0, 0.05) is 30.9 Å². The van der Waals surface area contributed by atoms with Gasteiger partial charge in [-0.15, -0.1) is 11.3 Å². The minimum absolute atomic E-state index is 0.0327. The second-order valence-corrected chi connectivity index (χ2v) is 7.25. The van der Waals surface area contributed by atoms with Crippen LogP contribution in [0.3, 0.4) is 0 Å². The van der Waals surface area contributed by atoms with Crippen LogP contribution in [0.1, 0.15) is 32.7 Å². The van der Waals surface area contributed by atoms with Gasteiger partial charge in [-0.25, -0.2) is 4.98 Å². The third-order valence-corrected chi connectivity index (χ3v) is 5.46. The van der Waals surface area contributed by atoms with Gasteiger partial charge in [0.15, 0.2) is 10.9 Å². The molecule has 1 aliphatic heterocycles. The first-order chi connectivity index (χ1) is 10.6. The van der Waals surface area contributed by atoms with E-state index in [0.717, 1.165) is 40.5 Å². The lowest BCUT2D eigenvalue weighted by molar-refractivity contribution is 0.102. The van der Waals surface area contributed by atoms with Crippen LogP contribution in [-0.2, 0) is 19.5 Å². The number of nitrogens with one attached hydrogen (secondary N) is 1. The Balaban J connectivity index is 1.76. The van der Waals surface area contributed by atoms with Crippen molar-refractivity contribution in [3.63, 3.8) is 0 Å². The number of aromatic amines is 1. The minimum atomic E-state index is -0.0327. The normalized spacial score (nSPS) is 14.8. The third kappa shape index (κ3) is 3.16. The zero-order valence-electron chi connectivity index (χ0n) is 12.5.